The second-order valence-corrected chi connectivity index (χ2v) is 11.5. The van der Waals surface area contributed by atoms with E-state index in [0.29, 0.717) is 30.6 Å². The quantitative estimate of drug-likeness (QED) is 0.281. The minimum absolute atomic E-state index is 0.0571. The number of rotatable bonds is 10. The van der Waals surface area contributed by atoms with Crippen LogP contribution in [0.1, 0.15) is 49.1 Å². The summed E-state index contributed by atoms with van der Waals surface area (Å²) in [5.41, 5.74) is 8.19. The highest BCUT2D eigenvalue weighted by Gasteiger charge is 2.41. The molecule has 0 radical (unpaired) electrons. The molecule has 2 aromatic rings. The van der Waals surface area contributed by atoms with Gasteiger partial charge in [-0.05, 0) is 74.3 Å². The fraction of sp³-hybridized carbons (Fsp3) is 0.552. The molecule has 4 atom stereocenters. The van der Waals surface area contributed by atoms with Gasteiger partial charge in [-0.2, -0.15) is 0 Å². The van der Waals surface area contributed by atoms with Crippen LogP contribution in [0.3, 0.4) is 0 Å². The zero-order valence-corrected chi connectivity index (χ0v) is 23.2. The van der Waals surface area contributed by atoms with Crippen LogP contribution < -0.4 is 21.1 Å². The molecule has 1 aliphatic heterocycles. The molecular formula is C29H40F2N4O3S. The predicted octanol–water partition coefficient (Wildman–Crippen LogP) is 3.72. The van der Waals surface area contributed by atoms with Gasteiger partial charge in [0.1, 0.15) is 11.6 Å². The molecule has 10 heteroatoms. The van der Waals surface area contributed by atoms with Crippen LogP contribution in [-0.2, 0) is 16.0 Å². The van der Waals surface area contributed by atoms with Crippen molar-refractivity contribution in [2.75, 3.05) is 31.3 Å². The molecular weight excluding hydrogens is 522 g/mol. The van der Waals surface area contributed by atoms with Crippen LogP contribution in [0.25, 0.3) is 0 Å². The van der Waals surface area contributed by atoms with Gasteiger partial charge >= 0.3 is 0 Å². The molecule has 4 rings (SSSR count). The van der Waals surface area contributed by atoms with Gasteiger partial charge in [-0.25, -0.2) is 8.78 Å². The summed E-state index contributed by atoms with van der Waals surface area (Å²) in [6.45, 7) is 0.746. The van der Waals surface area contributed by atoms with Crippen LogP contribution in [0.2, 0.25) is 0 Å². The van der Waals surface area contributed by atoms with E-state index in [1.165, 1.54) is 18.2 Å². The molecule has 0 spiro atoms. The number of benzene rings is 2. The van der Waals surface area contributed by atoms with Crippen molar-refractivity contribution in [1.29, 1.82) is 0 Å². The average molecular weight is 563 g/mol. The first-order valence-corrected chi connectivity index (χ1v) is 14.7. The summed E-state index contributed by atoms with van der Waals surface area (Å²) < 4.78 is 37.5. The number of carbonyl (C=O) groups is 1. The number of aliphatic hydroxyl groups is 1. The van der Waals surface area contributed by atoms with Crippen molar-refractivity contribution in [3.63, 3.8) is 0 Å². The number of amides is 1. The second-order valence-electron chi connectivity index (χ2n) is 10.6. The highest BCUT2D eigenvalue weighted by Crippen LogP contribution is 2.42. The summed E-state index contributed by atoms with van der Waals surface area (Å²) in [6, 6.07) is 10.0. The van der Waals surface area contributed by atoms with Crippen molar-refractivity contribution in [3.8, 4) is 0 Å². The van der Waals surface area contributed by atoms with Gasteiger partial charge in [-0.1, -0.05) is 30.1 Å². The normalized spacial score (nSPS) is 25.5. The molecule has 39 heavy (non-hydrogen) atoms. The lowest BCUT2D eigenvalue weighted by Crippen LogP contribution is -2.47. The third-order valence-electron chi connectivity index (χ3n) is 7.96. The van der Waals surface area contributed by atoms with E-state index < -0.39 is 11.9 Å². The smallest absolute Gasteiger partial charge is 0.241 e. The summed E-state index contributed by atoms with van der Waals surface area (Å²) in [4.78, 5) is 13.4. The molecule has 1 aliphatic carbocycles. The van der Waals surface area contributed by atoms with E-state index in [1.807, 2.05) is 0 Å². The van der Waals surface area contributed by atoms with Gasteiger partial charge in [0, 0.05) is 48.7 Å². The third-order valence-corrected chi connectivity index (χ3v) is 8.95. The molecule has 1 saturated heterocycles. The van der Waals surface area contributed by atoms with Gasteiger partial charge in [0.15, 0.2) is 0 Å². The molecule has 2 aromatic carbocycles. The minimum Gasteiger partial charge on any atom is -0.395 e. The van der Waals surface area contributed by atoms with E-state index >= 15 is 4.39 Å². The standard InChI is InChI=1S/C29H40F2N4O3S/c1-38-23-14-19(15-23)27(18-7-9-20(30)10-8-18)28(32)29(37)34-26-6-2-5-25(31)24(26)12-11-21-16-33-22(17-36)4-3-13-39-35-21/h2,5-10,19,21-23,27-28,33,35-36H,3-4,11-17,32H2,1H3,(H,34,37)/t19?,21?,22-,23?,27?,28+/m1/s1. The lowest BCUT2D eigenvalue weighted by Gasteiger charge is -2.41. The SMILES string of the molecule is COC1CC(C(c2ccc(F)cc2)[C@H](N)C(=O)Nc2cccc(F)c2CCC2CN[C@@H](CO)CCCSN2)C1. The maximum atomic E-state index is 15.0. The molecule has 7 nitrogen and oxygen atoms in total. The van der Waals surface area contributed by atoms with Gasteiger partial charge in [-0.3, -0.25) is 9.52 Å². The number of nitrogens with one attached hydrogen (secondary N) is 3. The molecule has 0 aromatic heterocycles. The van der Waals surface area contributed by atoms with Crippen LogP contribution >= 0.6 is 11.9 Å². The number of hydrogen-bond acceptors (Lipinski definition) is 7. The number of nitrogens with two attached hydrogens (primary N) is 1. The summed E-state index contributed by atoms with van der Waals surface area (Å²) >= 11 is 1.65. The number of anilines is 1. The monoisotopic (exact) mass is 562 g/mol. The number of carbonyl (C=O) groups excluding carboxylic acids is 1. The Hall–Kier alpha value is -2.08. The molecule has 2 unspecified atom stereocenters. The zero-order valence-electron chi connectivity index (χ0n) is 22.4. The van der Waals surface area contributed by atoms with Gasteiger partial charge in [0.2, 0.25) is 5.91 Å². The van der Waals surface area contributed by atoms with E-state index in [4.69, 9.17) is 10.5 Å². The Morgan fingerprint density at radius 3 is 2.69 bits per heavy atom. The van der Waals surface area contributed by atoms with Crippen LogP contribution in [0.4, 0.5) is 14.5 Å². The van der Waals surface area contributed by atoms with Crippen molar-refractivity contribution in [1.82, 2.24) is 10.0 Å². The Morgan fingerprint density at radius 2 is 1.97 bits per heavy atom. The fourth-order valence-corrected chi connectivity index (χ4v) is 6.39. The Labute approximate surface area is 233 Å². The van der Waals surface area contributed by atoms with E-state index in [1.54, 1.807) is 43.3 Å². The second kappa shape index (κ2) is 14.5. The summed E-state index contributed by atoms with van der Waals surface area (Å²) in [6.07, 6.45) is 4.62. The fourth-order valence-electron chi connectivity index (χ4n) is 5.53. The topological polar surface area (TPSA) is 109 Å². The lowest BCUT2D eigenvalue weighted by molar-refractivity contribution is -0.119. The largest absolute Gasteiger partial charge is 0.395 e. The lowest BCUT2D eigenvalue weighted by atomic mass is 9.68. The van der Waals surface area contributed by atoms with Crippen molar-refractivity contribution in [2.24, 2.45) is 11.7 Å². The molecule has 0 bridgehead atoms. The van der Waals surface area contributed by atoms with Gasteiger partial charge in [-0.15, -0.1) is 0 Å². The van der Waals surface area contributed by atoms with E-state index in [-0.39, 0.29) is 48.3 Å². The van der Waals surface area contributed by atoms with E-state index in [2.05, 4.69) is 15.4 Å². The number of ether oxygens (including phenoxy) is 1. The van der Waals surface area contributed by atoms with Crippen molar-refractivity contribution >= 4 is 23.5 Å². The van der Waals surface area contributed by atoms with Crippen molar-refractivity contribution in [2.45, 2.75) is 68.7 Å². The van der Waals surface area contributed by atoms with E-state index in [0.717, 1.165) is 37.0 Å². The highest BCUT2D eigenvalue weighted by molar-refractivity contribution is 7.97. The molecule has 1 saturated carbocycles. The number of hydrogen-bond donors (Lipinski definition) is 5. The molecule has 6 N–H and O–H groups in total. The van der Waals surface area contributed by atoms with Crippen LogP contribution in [0.5, 0.6) is 0 Å². The molecule has 1 amide bonds. The van der Waals surface area contributed by atoms with Gasteiger partial charge in [0.25, 0.3) is 0 Å². The molecule has 2 aliphatic rings. The molecule has 214 valence electrons. The minimum atomic E-state index is -0.901. The maximum Gasteiger partial charge on any atom is 0.241 e. The van der Waals surface area contributed by atoms with Gasteiger partial charge in [0.05, 0.1) is 18.8 Å². The Bertz CT molecular complexity index is 1070. The zero-order chi connectivity index (χ0) is 27.8. The van der Waals surface area contributed by atoms with Crippen molar-refractivity contribution < 1.29 is 23.4 Å². The summed E-state index contributed by atoms with van der Waals surface area (Å²) in [5.74, 6) is -0.390. The Morgan fingerprint density at radius 1 is 1.21 bits per heavy atom. The number of aliphatic hydroxyl groups excluding tert-OH is 1. The Kier molecular flexibility index (Phi) is 11.1. The first-order chi connectivity index (χ1) is 18.9. The first kappa shape index (κ1) is 29.9. The molecule has 1 heterocycles. The summed E-state index contributed by atoms with van der Waals surface area (Å²) in [5, 5.41) is 15.9. The van der Waals surface area contributed by atoms with Crippen LogP contribution in [-0.4, -0.2) is 61.3 Å². The average Bonchev–Trinajstić information content (AvgIpc) is 3.02. The predicted molar refractivity (Wildman–Crippen MR) is 151 cm³/mol. The van der Waals surface area contributed by atoms with E-state index in [9.17, 15) is 14.3 Å². The summed E-state index contributed by atoms with van der Waals surface area (Å²) in [7, 11) is 1.67. The third kappa shape index (κ3) is 7.99. The molecule has 2 fully saturated rings. The van der Waals surface area contributed by atoms with Crippen LogP contribution in [0, 0.1) is 17.6 Å². The number of halogens is 2. The number of methoxy groups -OCH3 is 1. The maximum absolute atomic E-state index is 15.0. The van der Waals surface area contributed by atoms with Crippen molar-refractivity contribution in [3.05, 3.63) is 65.2 Å². The van der Waals surface area contributed by atoms with Gasteiger partial charge < -0.3 is 26.2 Å². The Balaban J connectivity index is 1.45. The van der Waals surface area contributed by atoms with Crippen LogP contribution in [0.15, 0.2) is 42.5 Å². The highest BCUT2D eigenvalue weighted by atomic mass is 32.2. The first-order valence-electron chi connectivity index (χ1n) is 13.7.